The third kappa shape index (κ3) is 3.23. The van der Waals surface area contributed by atoms with E-state index in [1.165, 1.54) is 0 Å². The fraction of sp³-hybridized carbons (Fsp3) is 0.538. The largest absolute Gasteiger partial charge is 0.409 e. The molecule has 20 heavy (non-hydrogen) atoms. The van der Waals surface area contributed by atoms with E-state index in [-0.39, 0.29) is 11.7 Å². The summed E-state index contributed by atoms with van der Waals surface area (Å²) in [4.78, 5) is 12.4. The van der Waals surface area contributed by atoms with Gasteiger partial charge < -0.3 is 16.3 Å². The summed E-state index contributed by atoms with van der Waals surface area (Å²) >= 11 is 0. The third-order valence-electron chi connectivity index (χ3n) is 3.34. The molecule has 1 amide bonds. The summed E-state index contributed by atoms with van der Waals surface area (Å²) in [5.74, 6) is -0.346. The summed E-state index contributed by atoms with van der Waals surface area (Å²) in [6.45, 7) is 7.21. The van der Waals surface area contributed by atoms with Gasteiger partial charge >= 0.3 is 0 Å². The molecule has 7 heteroatoms. The Balaban J connectivity index is 3.10. The minimum absolute atomic E-state index is 0.0369. The molecule has 1 unspecified atom stereocenters. The first-order valence-electron chi connectivity index (χ1n) is 6.51. The normalized spacial score (nSPS) is 14.7. The Kier molecular flexibility index (Phi) is 5.01. The summed E-state index contributed by atoms with van der Waals surface area (Å²) in [6, 6.07) is 1.68. The Hall–Kier alpha value is -2.18. The highest BCUT2D eigenvalue weighted by atomic mass is 16.4. The Morgan fingerprint density at radius 3 is 2.65 bits per heavy atom. The molecule has 1 atom stereocenters. The van der Waals surface area contributed by atoms with Gasteiger partial charge in [0.25, 0.3) is 5.91 Å². The standard InChI is InChI=1S/C13H21N5O2/c1-5-10-9(7-8(3)16-17-10)11(19)15-13(4,6-2)12(14)18-20/h7,20H,5-6H2,1-4H3,(H2,14,18)(H,15,19). The Bertz CT molecular complexity index is 529. The molecule has 1 aromatic rings. The fourth-order valence-electron chi connectivity index (χ4n) is 1.73. The van der Waals surface area contributed by atoms with Gasteiger partial charge in [0.05, 0.1) is 22.5 Å². The van der Waals surface area contributed by atoms with Crippen molar-refractivity contribution in [3.63, 3.8) is 0 Å². The third-order valence-corrected chi connectivity index (χ3v) is 3.34. The summed E-state index contributed by atoms with van der Waals surface area (Å²) in [5, 5.41) is 22.6. The predicted molar refractivity (Wildman–Crippen MR) is 75.7 cm³/mol. The van der Waals surface area contributed by atoms with Crippen LogP contribution in [0.4, 0.5) is 0 Å². The maximum atomic E-state index is 12.4. The number of oxime groups is 1. The summed E-state index contributed by atoms with van der Waals surface area (Å²) in [5.41, 5.74) is 6.48. The zero-order valence-electron chi connectivity index (χ0n) is 12.3. The smallest absolute Gasteiger partial charge is 0.254 e. The zero-order valence-corrected chi connectivity index (χ0v) is 12.3. The highest BCUT2D eigenvalue weighted by Crippen LogP contribution is 2.13. The fourth-order valence-corrected chi connectivity index (χ4v) is 1.73. The van der Waals surface area contributed by atoms with Gasteiger partial charge in [0, 0.05) is 0 Å². The van der Waals surface area contributed by atoms with Crippen molar-refractivity contribution in [2.75, 3.05) is 0 Å². The molecule has 0 bridgehead atoms. The van der Waals surface area contributed by atoms with Crippen LogP contribution >= 0.6 is 0 Å². The van der Waals surface area contributed by atoms with Crippen LogP contribution in [0.5, 0.6) is 0 Å². The Labute approximate surface area is 118 Å². The number of carbonyl (C=O) groups excluding carboxylic acids is 1. The van der Waals surface area contributed by atoms with E-state index in [1.807, 2.05) is 13.8 Å². The van der Waals surface area contributed by atoms with Gasteiger partial charge in [-0.1, -0.05) is 19.0 Å². The van der Waals surface area contributed by atoms with Gasteiger partial charge in [-0.05, 0) is 32.8 Å². The molecular weight excluding hydrogens is 258 g/mol. The van der Waals surface area contributed by atoms with E-state index >= 15 is 0 Å². The summed E-state index contributed by atoms with van der Waals surface area (Å²) < 4.78 is 0. The van der Waals surface area contributed by atoms with Crippen LogP contribution in [0.1, 0.15) is 48.9 Å². The number of nitrogens with zero attached hydrogens (tertiary/aromatic N) is 3. The number of rotatable bonds is 5. The van der Waals surface area contributed by atoms with E-state index in [0.717, 1.165) is 0 Å². The van der Waals surface area contributed by atoms with E-state index in [1.54, 1.807) is 19.9 Å². The van der Waals surface area contributed by atoms with Gasteiger partial charge in [-0.15, -0.1) is 0 Å². The predicted octanol–water partition coefficient (Wildman–Crippen LogP) is 0.992. The lowest BCUT2D eigenvalue weighted by atomic mass is 9.96. The number of amides is 1. The molecule has 0 aromatic carbocycles. The van der Waals surface area contributed by atoms with Crippen LogP contribution in [0.3, 0.4) is 0 Å². The molecule has 1 aromatic heterocycles. The first-order chi connectivity index (χ1) is 9.37. The van der Waals surface area contributed by atoms with Crippen molar-refractivity contribution in [1.29, 1.82) is 0 Å². The van der Waals surface area contributed by atoms with E-state index in [2.05, 4.69) is 20.7 Å². The number of nitrogens with two attached hydrogens (primary N) is 1. The van der Waals surface area contributed by atoms with Crippen LogP contribution in [0.15, 0.2) is 11.2 Å². The molecule has 0 saturated carbocycles. The summed E-state index contributed by atoms with van der Waals surface area (Å²) in [6.07, 6.45) is 1.09. The van der Waals surface area contributed by atoms with Crippen molar-refractivity contribution in [2.24, 2.45) is 10.9 Å². The molecular formula is C13H21N5O2. The quantitative estimate of drug-likeness (QED) is 0.322. The second-order valence-electron chi connectivity index (χ2n) is 4.82. The van der Waals surface area contributed by atoms with E-state index < -0.39 is 5.54 Å². The maximum absolute atomic E-state index is 12.4. The average Bonchev–Trinajstić information content (AvgIpc) is 2.45. The molecule has 0 spiro atoms. The van der Waals surface area contributed by atoms with Gasteiger partial charge in [0.15, 0.2) is 5.84 Å². The van der Waals surface area contributed by atoms with Gasteiger partial charge in [0.1, 0.15) is 0 Å². The number of hydrogen-bond acceptors (Lipinski definition) is 5. The first-order valence-corrected chi connectivity index (χ1v) is 6.51. The van der Waals surface area contributed by atoms with Gasteiger partial charge in [-0.25, -0.2) is 0 Å². The van der Waals surface area contributed by atoms with Gasteiger partial charge in [-0.2, -0.15) is 10.2 Å². The number of aromatic nitrogens is 2. The molecule has 0 aliphatic heterocycles. The molecule has 0 aliphatic carbocycles. The number of amidine groups is 1. The summed E-state index contributed by atoms with van der Waals surface area (Å²) in [7, 11) is 0. The van der Waals surface area contributed by atoms with Crippen molar-refractivity contribution in [3.05, 3.63) is 23.0 Å². The maximum Gasteiger partial charge on any atom is 0.254 e. The number of hydrogen-bond donors (Lipinski definition) is 3. The number of nitrogens with one attached hydrogen (secondary N) is 1. The molecule has 4 N–H and O–H groups in total. The van der Waals surface area contributed by atoms with E-state index in [9.17, 15) is 4.79 Å². The van der Waals surface area contributed by atoms with Gasteiger partial charge in [-0.3, -0.25) is 4.79 Å². The van der Waals surface area contributed by atoms with Crippen molar-refractivity contribution >= 4 is 11.7 Å². The molecule has 0 fully saturated rings. The molecule has 0 saturated heterocycles. The number of aryl methyl sites for hydroxylation is 2. The van der Waals surface area contributed by atoms with Crippen LogP contribution in [0, 0.1) is 6.92 Å². The molecule has 7 nitrogen and oxygen atoms in total. The lowest BCUT2D eigenvalue weighted by Crippen LogP contribution is -2.55. The lowest BCUT2D eigenvalue weighted by molar-refractivity contribution is 0.0923. The van der Waals surface area contributed by atoms with Crippen molar-refractivity contribution in [1.82, 2.24) is 15.5 Å². The Morgan fingerprint density at radius 2 is 2.15 bits per heavy atom. The van der Waals surface area contributed by atoms with Crippen LogP contribution in [-0.2, 0) is 6.42 Å². The topological polar surface area (TPSA) is 113 Å². The molecule has 1 heterocycles. The van der Waals surface area contributed by atoms with Crippen LogP contribution in [0.25, 0.3) is 0 Å². The minimum Gasteiger partial charge on any atom is -0.409 e. The van der Waals surface area contributed by atoms with E-state index in [4.69, 9.17) is 10.9 Å². The highest BCUT2D eigenvalue weighted by molar-refractivity contribution is 6.00. The average molecular weight is 279 g/mol. The lowest BCUT2D eigenvalue weighted by Gasteiger charge is -2.28. The van der Waals surface area contributed by atoms with Crippen molar-refractivity contribution < 1.29 is 10.0 Å². The SMILES string of the molecule is CCc1nnc(C)cc1C(=O)NC(C)(CC)C(N)=NO. The highest BCUT2D eigenvalue weighted by Gasteiger charge is 2.30. The second-order valence-corrected chi connectivity index (χ2v) is 4.82. The second kappa shape index (κ2) is 6.31. The van der Waals surface area contributed by atoms with Crippen molar-refractivity contribution in [3.8, 4) is 0 Å². The Morgan fingerprint density at radius 1 is 1.50 bits per heavy atom. The zero-order chi connectivity index (χ0) is 15.3. The molecule has 110 valence electrons. The van der Waals surface area contributed by atoms with E-state index in [0.29, 0.717) is 29.8 Å². The minimum atomic E-state index is -0.909. The number of carbonyl (C=O) groups is 1. The van der Waals surface area contributed by atoms with Crippen LogP contribution in [0.2, 0.25) is 0 Å². The molecule has 0 aliphatic rings. The van der Waals surface area contributed by atoms with Gasteiger partial charge in [0.2, 0.25) is 0 Å². The van der Waals surface area contributed by atoms with Crippen molar-refractivity contribution in [2.45, 2.75) is 46.1 Å². The molecule has 0 radical (unpaired) electrons. The van der Waals surface area contributed by atoms with Crippen LogP contribution < -0.4 is 11.1 Å². The molecule has 1 rings (SSSR count). The van der Waals surface area contributed by atoms with Crippen LogP contribution in [-0.4, -0.2) is 32.7 Å². The monoisotopic (exact) mass is 279 g/mol. The first kappa shape index (κ1) is 15.9.